The number of thioether (sulfide) groups is 1. The second-order valence-electron chi connectivity index (χ2n) is 3.77. The van der Waals surface area contributed by atoms with Crippen molar-refractivity contribution >= 4 is 27.7 Å². The van der Waals surface area contributed by atoms with Gasteiger partial charge in [-0.1, -0.05) is 35.0 Å². The van der Waals surface area contributed by atoms with Crippen LogP contribution in [0, 0.1) is 0 Å². The summed E-state index contributed by atoms with van der Waals surface area (Å²) in [5.41, 5.74) is 8.87. The van der Waals surface area contributed by atoms with Gasteiger partial charge in [-0.05, 0) is 23.6 Å². The Labute approximate surface area is 97.6 Å². The molecule has 0 saturated heterocycles. The zero-order valence-electron chi connectivity index (χ0n) is 8.16. The van der Waals surface area contributed by atoms with Crippen LogP contribution in [0.15, 0.2) is 22.7 Å². The van der Waals surface area contributed by atoms with Crippen LogP contribution in [0.2, 0.25) is 0 Å². The predicted octanol–water partition coefficient (Wildman–Crippen LogP) is 3.47. The van der Waals surface area contributed by atoms with Crippen molar-refractivity contribution in [2.45, 2.75) is 30.4 Å². The van der Waals surface area contributed by atoms with Crippen LogP contribution < -0.4 is 5.73 Å². The van der Waals surface area contributed by atoms with Crippen LogP contribution in [0.1, 0.15) is 30.5 Å². The van der Waals surface area contributed by atoms with Gasteiger partial charge in [0.1, 0.15) is 0 Å². The summed E-state index contributed by atoms with van der Waals surface area (Å²) >= 11 is 5.58. The zero-order valence-corrected chi connectivity index (χ0v) is 10.6. The maximum atomic E-state index is 6.17. The van der Waals surface area contributed by atoms with E-state index in [0.717, 1.165) is 12.2 Å². The number of fused-ring (bicyclic) bond motifs is 1. The largest absolute Gasteiger partial charge is 0.324 e. The molecular formula is C11H14BrNS. The number of benzene rings is 1. The van der Waals surface area contributed by atoms with Crippen LogP contribution in [0.25, 0.3) is 0 Å². The molecule has 2 atom stereocenters. The quantitative estimate of drug-likeness (QED) is 0.782. The van der Waals surface area contributed by atoms with Gasteiger partial charge in [-0.2, -0.15) is 11.8 Å². The van der Waals surface area contributed by atoms with Gasteiger partial charge < -0.3 is 5.73 Å². The first-order valence-corrected chi connectivity index (χ1v) is 6.67. The Bertz CT molecular complexity index is 340. The Kier molecular flexibility index (Phi) is 3.20. The maximum absolute atomic E-state index is 6.17. The molecule has 3 heteroatoms. The molecule has 0 aromatic heterocycles. The van der Waals surface area contributed by atoms with Crippen LogP contribution in [0.5, 0.6) is 0 Å². The highest BCUT2D eigenvalue weighted by molar-refractivity contribution is 9.10. The van der Waals surface area contributed by atoms with Crippen LogP contribution in [-0.4, -0.2) is 5.25 Å². The lowest BCUT2D eigenvalue weighted by Crippen LogP contribution is -2.14. The molecular weight excluding hydrogens is 258 g/mol. The summed E-state index contributed by atoms with van der Waals surface area (Å²) in [6.45, 7) is 2.25. The fourth-order valence-electron chi connectivity index (χ4n) is 1.85. The van der Waals surface area contributed by atoms with E-state index in [-0.39, 0.29) is 6.04 Å². The molecule has 76 valence electrons. The minimum atomic E-state index is 0.201. The molecule has 1 aliphatic rings. The molecule has 1 nitrogen and oxygen atoms in total. The summed E-state index contributed by atoms with van der Waals surface area (Å²) in [6, 6.07) is 6.53. The third-order valence-corrected chi connectivity index (χ3v) is 4.61. The molecule has 1 heterocycles. The topological polar surface area (TPSA) is 26.0 Å². The molecule has 0 aliphatic carbocycles. The first kappa shape index (κ1) is 10.5. The van der Waals surface area contributed by atoms with Gasteiger partial charge in [0.15, 0.2) is 0 Å². The monoisotopic (exact) mass is 271 g/mol. The highest BCUT2D eigenvalue weighted by atomic mass is 79.9. The number of halogens is 1. The molecule has 0 spiro atoms. The Morgan fingerprint density at radius 1 is 1.50 bits per heavy atom. The summed E-state index contributed by atoms with van der Waals surface area (Å²) in [4.78, 5) is 0. The molecule has 0 amide bonds. The highest BCUT2D eigenvalue weighted by Gasteiger charge is 2.20. The lowest BCUT2D eigenvalue weighted by atomic mass is 9.99. The second-order valence-corrected chi connectivity index (χ2v) is 6.05. The summed E-state index contributed by atoms with van der Waals surface area (Å²) < 4.78 is 1.20. The number of rotatable bonds is 0. The standard InChI is InChI=1S/C11H14BrNS/c1-7-5-11(13)8-3-2-4-10(12)9(8)6-14-7/h2-4,7,11H,5-6,13H2,1H3/t7?,11-/m1/s1. The van der Waals surface area contributed by atoms with Crippen molar-refractivity contribution in [3.05, 3.63) is 33.8 Å². The SMILES string of the molecule is CC1C[C@@H](N)c2cccc(Br)c2CS1. The van der Waals surface area contributed by atoms with Crippen molar-refractivity contribution in [2.24, 2.45) is 5.73 Å². The fraction of sp³-hybridized carbons (Fsp3) is 0.455. The molecule has 0 radical (unpaired) electrons. The van der Waals surface area contributed by atoms with Crippen LogP contribution in [-0.2, 0) is 5.75 Å². The van der Waals surface area contributed by atoms with Crippen LogP contribution >= 0.6 is 27.7 Å². The van der Waals surface area contributed by atoms with E-state index in [9.17, 15) is 0 Å². The minimum Gasteiger partial charge on any atom is -0.324 e. The van der Waals surface area contributed by atoms with Gasteiger partial charge >= 0.3 is 0 Å². The number of hydrogen-bond donors (Lipinski definition) is 1. The van der Waals surface area contributed by atoms with Crippen molar-refractivity contribution in [3.63, 3.8) is 0 Å². The Morgan fingerprint density at radius 2 is 2.29 bits per heavy atom. The van der Waals surface area contributed by atoms with Crippen molar-refractivity contribution in [2.75, 3.05) is 0 Å². The Balaban J connectivity index is 2.43. The third kappa shape index (κ3) is 2.00. The van der Waals surface area contributed by atoms with E-state index in [1.807, 2.05) is 11.8 Å². The second kappa shape index (κ2) is 4.25. The minimum absolute atomic E-state index is 0.201. The first-order chi connectivity index (χ1) is 6.68. The smallest absolute Gasteiger partial charge is 0.0308 e. The van der Waals surface area contributed by atoms with Gasteiger partial charge in [0.05, 0.1) is 0 Å². The molecule has 14 heavy (non-hydrogen) atoms. The third-order valence-electron chi connectivity index (χ3n) is 2.65. The van der Waals surface area contributed by atoms with Gasteiger partial charge in [0, 0.05) is 21.5 Å². The molecule has 2 N–H and O–H groups in total. The summed E-state index contributed by atoms with van der Waals surface area (Å²) in [7, 11) is 0. The van der Waals surface area contributed by atoms with Gasteiger partial charge in [-0.25, -0.2) is 0 Å². The van der Waals surface area contributed by atoms with E-state index < -0.39 is 0 Å². The molecule has 0 saturated carbocycles. The van der Waals surface area contributed by atoms with Crippen molar-refractivity contribution in [3.8, 4) is 0 Å². The Morgan fingerprint density at radius 3 is 3.07 bits per heavy atom. The maximum Gasteiger partial charge on any atom is 0.0308 e. The van der Waals surface area contributed by atoms with Gasteiger partial charge in [0.25, 0.3) is 0 Å². The zero-order chi connectivity index (χ0) is 10.1. The molecule has 0 bridgehead atoms. The van der Waals surface area contributed by atoms with E-state index >= 15 is 0 Å². The highest BCUT2D eigenvalue weighted by Crippen LogP contribution is 2.36. The number of hydrogen-bond acceptors (Lipinski definition) is 2. The molecule has 0 fully saturated rings. The van der Waals surface area contributed by atoms with Crippen molar-refractivity contribution in [1.82, 2.24) is 0 Å². The Hall–Kier alpha value is 0.01000. The molecule has 1 aliphatic heterocycles. The van der Waals surface area contributed by atoms with Crippen molar-refractivity contribution < 1.29 is 0 Å². The lowest BCUT2D eigenvalue weighted by Gasteiger charge is -2.14. The number of nitrogens with two attached hydrogens (primary N) is 1. The molecule has 2 rings (SSSR count). The van der Waals surface area contributed by atoms with E-state index in [1.165, 1.54) is 15.6 Å². The van der Waals surface area contributed by atoms with Gasteiger partial charge in [-0.3, -0.25) is 0 Å². The first-order valence-electron chi connectivity index (χ1n) is 4.83. The molecule has 1 aromatic rings. The van der Waals surface area contributed by atoms with E-state index in [0.29, 0.717) is 5.25 Å². The average Bonchev–Trinajstić information content (AvgIpc) is 2.28. The predicted molar refractivity (Wildman–Crippen MR) is 66.4 cm³/mol. The summed E-state index contributed by atoms with van der Waals surface area (Å²) in [5.74, 6) is 1.08. The van der Waals surface area contributed by atoms with Crippen molar-refractivity contribution in [1.29, 1.82) is 0 Å². The van der Waals surface area contributed by atoms with Gasteiger partial charge in [-0.15, -0.1) is 0 Å². The average molecular weight is 272 g/mol. The molecule has 1 aromatic carbocycles. The van der Waals surface area contributed by atoms with Crippen LogP contribution in [0.3, 0.4) is 0 Å². The summed E-state index contributed by atoms with van der Waals surface area (Å²) in [6.07, 6.45) is 1.08. The summed E-state index contributed by atoms with van der Waals surface area (Å²) in [5, 5.41) is 0.657. The molecule has 1 unspecified atom stereocenters. The van der Waals surface area contributed by atoms with E-state index in [2.05, 4.69) is 41.1 Å². The van der Waals surface area contributed by atoms with Crippen LogP contribution in [0.4, 0.5) is 0 Å². The normalized spacial score (nSPS) is 26.8. The van der Waals surface area contributed by atoms with E-state index in [1.54, 1.807) is 0 Å². The fourth-order valence-corrected chi connectivity index (χ4v) is 3.68. The van der Waals surface area contributed by atoms with Gasteiger partial charge in [0.2, 0.25) is 0 Å². The van der Waals surface area contributed by atoms with E-state index in [4.69, 9.17) is 5.73 Å². The lowest BCUT2D eigenvalue weighted by molar-refractivity contribution is 0.651.